The second kappa shape index (κ2) is 9.08. The summed E-state index contributed by atoms with van der Waals surface area (Å²) in [6.07, 6.45) is 4.20. The van der Waals surface area contributed by atoms with Gasteiger partial charge >= 0.3 is 0 Å². The number of aliphatic hydroxyl groups is 1. The molecule has 0 spiro atoms. The van der Waals surface area contributed by atoms with Crippen molar-refractivity contribution in [2.45, 2.75) is 39.2 Å². The molecular formula is C18H32N4O2. The van der Waals surface area contributed by atoms with Crippen LogP contribution in [0.2, 0.25) is 0 Å². The van der Waals surface area contributed by atoms with Gasteiger partial charge in [0, 0.05) is 26.2 Å². The summed E-state index contributed by atoms with van der Waals surface area (Å²) >= 11 is 0. The molecule has 0 amide bonds. The zero-order valence-corrected chi connectivity index (χ0v) is 15.2. The van der Waals surface area contributed by atoms with Gasteiger partial charge in [0.05, 0.1) is 12.8 Å². The first kappa shape index (κ1) is 18.8. The van der Waals surface area contributed by atoms with Gasteiger partial charge in [-0.15, -0.1) is 0 Å². The lowest BCUT2D eigenvalue weighted by atomic mass is 10.0. The first-order valence-corrected chi connectivity index (χ1v) is 9.02. The Balaban J connectivity index is 1.82. The highest BCUT2D eigenvalue weighted by Crippen LogP contribution is 2.21. The maximum Gasteiger partial charge on any atom is 0.191 e. The van der Waals surface area contributed by atoms with Gasteiger partial charge in [-0.1, -0.05) is 6.92 Å². The van der Waals surface area contributed by atoms with Crippen LogP contribution in [0.15, 0.2) is 27.8 Å². The quantitative estimate of drug-likeness (QED) is 0.523. The maximum absolute atomic E-state index is 10.5. The first-order valence-electron chi connectivity index (χ1n) is 9.02. The lowest BCUT2D eigenvalue weighted by Crippen LogP contribution is -2.44. The fraction of sp³-hybridized carbons (Fsp3) is 0.722. The fourth-order valence-corrected chi connectivity index (χ4v) is 3.06. The SMILES string of the molecule is CCNC(=NCC(C)(O)c1ccco1)NCCN1CCCC(C)C1. The third-order valence-corrected chi connectivity index (χ3v) is 4.40. The number of piperidine rings is 1. The molecule has 0 bridgehead atoms. The van der Waals surface area contributed by atoms with Crippen molar-refractivity contribution in [2.75, 3.05) is 39.3 Å². The number of hydrogen-bond donors (Lipinski definition) is 3. The van der Waals surface area contributed by atoms with Crippen LogP contribution in [0.4, 0.5) is 0 Å². The Labute approximate surface area is 145 Å². The van der Waals surface area contributed by atoms with E-state index in [2.05, 4.69) is 27.4 Å². The molecule has 1 fully saturated rings. The molecule has 2 atom stereocenters. The van der Waals surface area contributed by atoms with Gasteiger partial charge in [-0.3, -0.25) is 0 Å². The average molecular weight is 336 g/mol. The lowest BCUT2D eigenvalue weighted by Gasteiger charge is -2.31. The molecule has 2 rings (SSSR count). The van der Waals surface area contributed by atoms with Crippen LogP contribution in [-0.4, -0.2) is 55.2 Å². The van der Waals surface area contributed by atoms with E-state index in [9.17, 15) is 5.11 Å². The number of nitrogens with one attached hydrogen (secondary N) is 2. The Bertz CT molecular complexity index is 499. The number of furan rings is 1. The van der Waals surface area contributed by atoms with E-state index in [1.807, 2.05) is 6.92 Å². The largest absolute Gasteiger partial charge is 0.466 e. The highest BCUT2D eigenvalue weighted by Gasteiger charge is 2.26. The maximum atomic E-state index is 10.5. The Morgan fingerprint density at radius 2 is 2.33 bits per heavy atom. The van der Waals surface area contributed by atoms with Crippen molar-refractivity contribution in [1.29, 1.82) is 0 Å². The van der Waals surface area contributed by atoms with Gasteiger partial charge in [-0.2, -0.15) is 0 Å². The van der Waals surface area contributed by atoms with Crippen LogP contribution in [-0.2, 0) is 5.60 Å². The molecular weight excluding hydrogens is 304 g/mol. The van der Waals surface area contributed by atoms with Crippen molar-refractivity contribution in [2.24, 2.45) is 10.9 Å². The van der Waals surface area contributed by atoms with E-state index in [-0.39, 0.29) is 6.54 Å². The summed E-state index contributed by atoms with van der Waals surface area (Å²) in [5.74, 6) is 2.06. The average Bonchev–Trinajstić information content (AvgIpc) is 3.08. The van der Waals surface area contributed by atoms with Crippen molar-refractivity contribution in [1.82, 2.24) is 15.5 Å². The summed E-state index contributed by atoms with van der Waals surface area (Å²) in [7, 11) is 0. The number of rotatable bonds is 7. The summed E-state index contributed by atoms with van der Waals surface area (Å²) in [5.41, 5.74) is -1.10. The zero-order chi connectivity index (χ0) is 17.4. The van der Waals surface area contributed by atoms with E-state index in [1.165, 1.54) is 25.9 Å². The van der Waals surface area contributed by atoms with Crippen molar-refractivity contribution >= 4 is 5.96 Å². The molecule has 24 heavy (non-hydrogen) atoms. The second-order valence-electron chi connectivity index (χ2n) is 6.92. The molecule has 0 aliphatic carbocycles. The fourth-order valence-electron chi connectivity index (χ4n) is 3.06. The van der Waals surface area contributed by atoms with Crippen molar-refractivity contribution in [3.05, 3.63) is 24.2 Å². The third-order valence-electron chi connectivity index (χ3n) is 4.40. The number of nitrogens with zero attached hydrogens (tertiary/aromatic N) is 2. The smallest absolute Gasteiger partial charge is 0.191 e. The Morgan fingerprint density at radius 1 is 1.50 bits per heavy atom. The topological polar surface area (TPSA) is 73.0 Å². The highest BCUT2D eigenvalue weighted by atomic mass is 16.4. The third kappa shape index (κ3) is 5.83. The minimum Gasteiger partial charge on any atom is -0.466 e. The Hall–Kier alpha value is -1.53. The molecule has 1 aromatic rings. The Morgan fingerprint density at radius 3 is 3.00 bits per heavy atom. The molecule has 0 radical (unpaired) electrons. The molecule has 3 N–H and O–H groups in total. The van der Waals surface area contributed by atoms with E-state index >= 15 is 0 Å². The number of aliphatic imine (C=N–C) groups is 1. The number of guanidine groups is 1. The minimum absolute atomic E-state index is 0.247. The van der Waals surface area contributed by atoms with Crippen LogP contribution in [0, 0.1) is 5.92 Å². The summed E-state index contributed by atoms with van der Waals surface area (Å²) in [6, 6.07) is 3.55. The van der Waals surface area contributed by atoms with Crippen LogP contribution in [0.25, 0.3) is 0 Å². The second-order valence-corrected chi connectivity index (χ2v) is 6.92. The molecule has 1 aliphatic rings. The summed E-state index contributed by atoms with van der Waals surface area (Å²) in [6.45, 7) is 11.3. The standard InChI is InChI=1S/C18H32N4O2/c1-4-19-17(20-9-11-22-10-5-7-15(2)13-22)21-14-18(3,23)16-8-6-12-24-16/h6,8,12,15,23H,4-5,7,9-11,13-14H2,1-3H3,(H2,19,20,21). The molecule has 1 aromatic heterocycles. The van der Waals surface area contributed by atoms with E-state index in [4.69, 9.17) is 4.42 Å². The van der Waals surface area contributed by atoms with Gasteiger partial charge < -0.3 is 25.1 Å². The van der Waals surface area contributed by atoms with Crippen LogP contribution in [0.5, 0.6) is 0 Å². The van der Waals surface area contributed by atoms with Crippen LogP contribution < -0.4 is 10.6 Å². The molecule has 2 unspecified atom stereocenters. The monoisotopic (exact) mass is 336 g/mol. The predicted octanol–water partition coefficient (Wildman–Crippen LogP) is 1.77. The van der Waals surface area contributed by atoms with Crippen molar-refractivity contribution in [3.8, 4) is 0 Å². The zero-order valence-electron chi connectivity index (χ0n) is 15.2. The molecule has 2 heterocycles. The highest BCUT2D eigenvalue weighted by molar-refractivity contribution is 5.79. The molecule has 1 saturated heterocycles. The summed E-state index contributed by atoms with van der Waals surface area (Å²) < 4.78 is 5.29. The van der Waals surface area contributed by atoms with E-state index in [0.29, 0.717) is 5.76 Å². The lowest BCUT2D eigenvalue weighted by molar-refractivity contribution is 0.0437. The normalized spacial score (nSPS) is 22.2. The molecule has 6 heteroatoms. The van der Waals surface area contributed by atoms with Gasteiger partial charge in [-0.25, -0.2) is 4.99 Å². The van der Waals surface area contributed by atoms with Gasteiger partial charge in [-0.05, 0) is 51.3 Å². The van der Waals surface area contributed by atoms with Gasteiger partial charge in [0.1, 0.15) is 11.4 Å². The van der Waals surface area contributed by atoms with Gasteiger partial charge in [0.15, 0.2) is 5.96 Å². The van der Waals surface area contributed by atoms with E-state index in [1.54, 1.807) is 25.3 Å². The van der Waals surface area contributed by atoms with Gasteiger partial charge in [0.2, 0.25) is 0 Å². The summed E-state index contributed by atoms with van der Waals surface area (Å²) in [4.78, 5) is 7.01. The first-order chi connectivity index (χ1) is 11.5. The molecule has 6 nitrogen and oxygen atoms in total. The molecule has 0 saturated carbocycles. The molecule has 1 aliphatic heterocycles. The van der Waals surface area contributed by atoms with Crippen LogP contribution >= 0.6 is 0 Å². The molecule has 0 aromatic carbocycles. The number of hydrogen-bond acceptors (Lipinski definition) is 4. The predicted molar refractivity (Wildman–Crippen MR) is 97.1 cm³/mol. The Kier molecular flexibility index (Phi) is 7.12. The van der Waals surface area contributed by atoms with Crippen molar-refractivity contribution in [3.63, 3.8) is 0 Å². The molecule has 136 valence electrons. The minimum atomic E-state index is -1.10. The van der Waals surface area contributed by atoms with E-state index < -0.39 is 5.60 Å². The van der Waals surface area contributed by atoms with Gasteiger partial charge in [0.25, 0.3) is 0 Å². The van der Waals surface area contributed by atoms with Crippen LogP contribution in [0.1, 0.15) is 39.4 Å². The van der Waals surface area contributed by atoms with Crippen molar-refractivity contribution < 1.29 is 9.52 Å². The van der Waals surface area contributed by atoms with Crippen LogP contribution in [0.3, 0.4) is 0 Å². The number of likely N-dealkylation sites (tertiary alicyclic amines) is 1. The van der Waals surface area contributed by atoms with E-state index in [0.717, 1.165) is 31.5 Å². The summed E-state index contributed by atoms with van der Waals surface area (Å²) in [5, 5.41) is 17.1.